The van der Waals surface area contributed by atoms with Crippen molar-refractivity contribution in [1.29, 1.82) is 0 Å². The molecule has 3 N–H and O–H groups in total. The van der Waals surface area contributed by atoms with Crippen LogP contribution in [0.1, 0.15) is 41.6 Å². The maximum absolute atomic E-state index is 13.1. The van der Waals surface area contributed by atoms with Crippen molar-refractivity contribution in [2.75, 3.05) is 19.0 Å². The van der Waals surface area contributed by atoms with Gasteiger partial charge >= 0.3 is 0 Å². The fourth-order valence-corrected chi connectivity index (χ4v) is 4.24. The van der Waals surface area contributed by atoms with Crippen molar-refractivity contribution >= 4 is 40.1 Å². The number of hydrogen-bond donors (Lipinski definition) is 3. The number of carbonyl (C=O) groups excluding carboxylic acids is 2. The molecule has 9 heteroatoms. The second kappa shape index (κ2) is 9.45. The standard InChI is InChI=1S/C22H24ClN5O3/c1-31-11-18(29)27-13-6-8-14(9-7-13)28-22-19-16(10-24-21(19)25-12-26-22)20(30)15-4-2-3-5-17(15)23/h2-5,10,12-14H,6-9,11H2,1H3,(H,27,29)(H2,24,25,26,28). The summed E-state index contributed by atoms with van der Waals surface area (Å²) in [6, 6.07) is 7.32. The fraction of sp³-hybridized carbons (Fsp3) is 0.364. The zero-order chi connectivity index (χ0) is 21.8. The summed E-state index contributed by atoms with van der Waals surface area (Å²) in [4.78, 5) is 36.6. The van der Waals surface area contributed by atoms with Crippen molar-refractivity contribution in [3.63, 3.8) is 0 Å². The second-order valence-corrected chi connectivity index (χ2v) is 8.06. The van der Waals surface area contributed by atoms with Crippen molar-refractivity contribution < 1.29 is 14.3 Å². The molecule has 1 saturated carbocycles. The number of aromatic amines is 1. The number of nitrogens with zero attached hydrogens (tertiary/aromatic N) is 2. The summed E-state index contributed by atoms with van der Waals surface area (Å²) in [5.41, 5.74) is 1.51. The molecule has 1 fully saturated rings. The summed E-state index contributed by atoms with van der Waals surface area (Å²) in [6.07, 6.45) is 6.60. The van der Waals surface area contributed by atoms with Crippen LogP contribution in [0.3, 0.4) is 0 Å². The van der Waals surface area contributed by atoms with Gasteiger partial charge in [0.2, 0.25) is 5.91 Å². The van der Waals surface area contributed by atoms with Gasteiger partial charge in [0, 0.05) is 31.0 Å². The summed E-state index contributed by atoms with van der Waals surface area (Å²) in [7, 11) is 1.51. The van der Waals surface area contributed by atoms with Crippen LogP contribution >= 0.6 is 11.6 Å². The highest BCUT2D eigenvalue weighted by molar-refractivity contribution is 6.35. The number of ketones is 1. The number of halogens is 1. The molecule has 1 amide bonds. The van der Waals surface area contributed by atoms with Crippen LogP contribution in [0.4, 0.5) is 5.82 Å². The van der Waals surface area contributed by atoms with E-state index in [1.807, 2.05) is 0 Å². The van der Waals surface area contributed by atoms with Crippen molar-refractivity contribution in [3.05, 3.63) is 52.9 Å². The number of benzene rings is 1. The molecule has 1 aliphatic rings. The largest absolute Gasteiger partial charge is 0.375 e. The van der Waals surface area contributed by atoms with Gasteiger partial charge in [0.1, 0.15) is 24.4 Å². The monoisotopic (exact) mass is 441 g/mol. The minimum Gasteiger partial charge on any atom is -0.375 e. The fourth-order valence-electron chi connectivity index (χ4n) is 4.02. The maximum atomic E-state index is 13.1. The van der Waals surface area contributed by atoms with Gasteiger partial charge in [-0.1, -0.05) is 23.7 Å². The zero-order valence-electron chi connectivity index (χ0n) is 17.2. The van der Waals surface area contributed by atoms with E-state index in [4.69, 9.17) is 16.3 Å². The molecule has 162 valence electrons. The van der Waals surface area contributed by atoms with Crippen molar-refractivity contribution in [3.8, 4) is 0 Å². The number of hydrogen-bond acceptors (Lipinski definition) is 6. The van der Waals surface area contributed by atoms with E-state index in [0.29, 0.717) is 33.0 Å². The first-order valence-corrected chi connectivity index (χ1v) is 10.6. The molecule has 1 aliphatic carbocycles. The molecule has 0 atom stereocenters. The first-order valence-electron chi connectivity index (χ1n) is 10.2. The van der Waals surface area contributed by atoms with Gasteiger partial charge in [-0.2, -0.15) is 0 Å². The average molecular weight is 442 g/mol. The summed E-state index contributed by atoms with van der Waals surface area (Å²) in [6.45, 7) is 0.0762. The van der Waals surface area contributed by atoms with Crippen LogP contribution in [-0.2, 0) is 9.53 Å². The molecule has 0 radical (unpaired) electrons. The van der Waals surface area contributed by atoms with Crippen molar-refractivity contribution in [2.24, 2.45) is 0 Å². The summed E-state index contributed by atoms with van der Waals surface area (Å²) >= 11 is 6.24. The van der Waals surface area contributed by atoms with Gasteiger partial charge in [-0.05, 0) is 37.8 Å². The highest BCUT2D eigenvalue weighted by atomic mass is 35.5. The lowest BCUT2D eigenvalue weighted by molar-refractivity contribution is -0.125. The van der Waals surface area contributed by atoms with Crippen LogP contribution in [0, 0.1) is 0 Å². The number of amides is 1. The van der Waals surface area contributed by atoms with E-state index in [1.165, 1.54) is 13.4 Å². The SMILES string of the molecule is COCC(=O)NC1CCC(Nc2ncnc3[nH]cc(C(=O)c4ccccc4Cl)c23)CC1. The minimum absolute atomic E-state index is 0.0762. The number of H-pyrrole nitrogens is 1. The summed E-state index contributed by atoms with van der Waals surface area (Å²) in [5, 5.41) is 7.53. The summed E-state index contributed by atoms with van der Waals surface area (Å²) in [5.74, 6) is 0.347. The number of nitrogens with one attached hydrogen (secondary N) is 3. The lowest BCUT2D eigenvalue weighted by Crippen LogP contribution is -2.41. The zero-order valence-corrected chi connectivity index (χ0v) is 17.9. The predicted molar refractivity (Wildman–Crippen MR) is 118 cm³/mol. The maximum Gasteiger partial charge on any atom is 0.246 e. The Morgan fingerprint density at radius 1 is 1.13 bits per heavy atom. The lowest BCUT2D eigenvalue weighted by atomic mass is 9.91. The number of aromatic nitrogens is 3. The second-order valence-electron chi connectivity index (χ2n) is 7.65. The molecule has 1 aromatic carbocycles. The Morgan fingerprint density at radius 3 is 2.61 bits per heavy atom. The third-order valence-electron chi connectivity index (χ3n) is 5.54. The average Bonchev–Trinajstić information content (AvgIpc) is 3.20. The third kappa shape index (κ3) is 4.70. The summed E-state index contributed by atoms with van der Waals surface area (Å²) < 4.78 is 4.87. The van der Waals surface area contributed by atoms with E-state index >= 15 is 0 Å². The highest BCUT2D eigenvalue weighted by Crippen LogP contribution is 2.30. The molecule has 0 spiro atoms. The van der Waals surface area contributed by atoms with E-state index in [0.717, 1.165) is 25.7 Å². The molecule has 0 bridgehead atoms. The molecular weight excluding hydrogens is 418 g/mol. The molecule has 2 aromatic heterocycles. The minimum atomic E-state index is -0.181. The van der Waals surface area contributed by atoms with Crippen molar-refractivity contribution in [1.82, 2.24) is 20.3 Å². The number of rotatable bonds is 7. The molecule has 0 aliphatic heterocycles. The number of ether oxygens (including phenoxy) is 1. The molecule has 0 unspecified atom stereocenters. The van der Waals surface area contributed by atoms with Crippen molar-refractivity contribution in [2.45, 2.75) is 37.8 Å². The third-order valence-corrected chi connectivity index (χ3v) is 5.87. The molecule has 8 nitrogen and oxygen atoms in total. The van der Waals surface area contributed by atoms with Gasteiger partial charge in [0.15, 0.2) is 5.78 Å². The van der Waals surface area contributed by atoms with Gasteiger partial charge in [-0.25, -0.2) is 9.97 Å². The first kappa shape index (κ1) is 21.3. The molecule has 2 heterocycles. The van der Waals surface area contributed by atoms with E-state index in [2.05, 4.69) is 25.6 Å². The van der Waals surface area contributed by atoms with E-state index in [-0.39, 0.29) is 30.4 Å². The Labute approximate surface area is 184 Å². The molecule has 31 heavy (non-hydrogen) atoms. The van der Waals surface area contributed by atoms with Gasteiger partial charge in [-0.15, -0.1) is 0 Å². The van der Waals surface area contributed by atoms with Crippen LogP contribution in [0.15, 0.2) is 36.8 Å². The van der Waals surface area contributed by atoms with E-state index in [9.17, 15) is 9.59 Å². The Morgan fingerprint density at radius 2 is 1.87 bits per heavy atom. The van der Waals surface area contributed by atoms with Gasteiger partial charge in [-0.3, -0.25) is 9.59 Å². The number of fused-ring (bicyclic) bond motifs is 1. The van der Waals surface area contributed by atoms with Crippen LogP contribution in [0.25, 0.3) is 11.0 Å². The Bertz CT molecular complexity index is 1090. The number of carbonyl (C=O) groups is 2. The molecular formula is C22H24ClN5O3. The van der Waals surface area contributed by atoms with E-state index < -0.39 is 0 Å². The lowest BCUT2D eigenvalue weighted by Gasteiger charge is -2.30. The molecule has 4 rings (SSSR count). The van der Waals surface area contributed by atoms with E-state index in [1.54, 1.807) is 30.5 Å². The van der Waals surface area contributed by atoms with Gasteiger partial charge in [0.05, 0.1) is 16.0 Å². The quantitative estimate of drug-likeness (QED) is 0.485. The number of methoxy groups -OCH3 is 1. The van der Waals surface area contributed by atoms with Crippen LogP contribution < -0.4 is 10.6 Å². The molecule has 3 aromatic rings. The molecule has 0 saturated heterocycles. The van der Waals surface area contributed by atoms with Crippen LogP contribution in [0.5, 0.6) is 0 Å². The Balaban J connectivity index is 1.51. The first-order chi connectivity index (χ1) is 15.1. The normalized spacial score (nSPS) is 18.6. The Hall–Kier alpha value is -2.97. The predicted octanol–water partition coefficient (Wildman–Crippen LogP) is 3.33. The smallest absolute Gasteiger partial charge is 0.246 e. The Kier molecular flexibility index (Phi) is 6.48. The van der Waals surface area contributed by atoms with Gasteiger partial charge in [0.25, 0.3) is 0 Å². The van der Waals surface area contributed by atoms with Crippen LogP contribution in [-0.4, -0.2) is 52.4 Å². The highest BCUT2D eigenvalue weighted by Gasteiger charge is 2.25. The van der Waals surface area contributed by atoms with Crippen LogP contribution in [0.2, 0.25) is 5.02 Å². The number of anilines is 1. The van der Waals surface area contributed by atoms with Gasteiger partial charge < -0.3 is 20.4 Å². The topological polar surface area (TPSA) is 109 Å².